The van der Waals surface area contributed by atoms with Gasteiger partial charge in [0.1, 0.15) is 30.2 Å². The predicted octanol–water partition coefficient (Wildman–Crippen LogP) is 3.60. The number of hydrogen-bond donors (Lipinski definition) is 4. The van der Waals surface area contributed by atoms with Gasteiger partial charge in [0.05, 0.1) is 24.9 Å². The van der Waals surface area contributed by atoms with Crippen molar-refractivity contribution in [3.05, 3.63) is 0 Å². The first-order valence-corrected chi connectivity index (χ1v) is 25.2. The molecule has 11 amide bonds. The fraction of sp³-hybridized carbons (Fsp3) is 0.820. The largest absolute Gasteiger partial charge is 0.338 e. The molecule has 402 valence electrons. The molecule has 1 saturated heterocycles. The highest BCUT2D eigenvalue weighted by Crippen LogP contribution is 2.23. The van der Waals surface area contributed by atoms with Crippen molar-refractivity contribution in [3.63, 3.8) is 0 Å². The second-order valence-corrected chi connectivity index (χ2v) is 21.8. The summed E-state index contributed by atoms with van der Waals surface area (Å²) in [4.78, 5) is 137. The van der Waals surface area contributed by atoms with Gasteiger partial charge >= 0.3 is 12.1 Å². The van der Waals surface area contributed by atoms with E-state index in [0.29, 0.717) is 12.8 Å². The highest BCUT2D eigenvalue weighted by Gasteiger charge is 2.42. The van der Waals surface area contributed by atoms with E-state index in [0.717, 1.165) is 4.90 Å². The Balaban J connectivity index is 4.07. The Morgan fingerprint density at radius 2 is 0.986 bits per heavy atom. The van der Waals surface area contributed by atoms with Crippen molar-refractivity contribution in [2.24, 2.45) is 35.5 Å². The number of carbonyl (C=O) groups excluding carboxylic acids is 9. The van der Waals surface area contributed by atoms with Crippen LogP contribution in [0.5, 0.6) is 0 Å². The van der Waals surface area contributed by atoms with Gasteiger partial charge in [0, 0.05) is 42.3 Å². The molecule has 8 atom stereocenters. The van der Waals surface area contributed by atoms with Gasteiger partial charge in [-0.25, -0.2) is 9.59 Å². The van der Waals surface area contributed by atoms with Gasteiger partial charge in [0.2, 0.25) is 35.4 Å². The van der Waals surface area contributed by atoms with Gasteiger partial charge in [-0.3, -0.25) is 54.0 Å². The summed E-state index contributed by atoms with van der Waals surface area (Å²) >= 11 is 0. The maximum absolute atomic E-state index is 14.7. The normalized spacial score (nSPS) is 26.5. The lowest BCUT2D eigenvalue weighted by atomic mass is 9.96. The molecule has 8 unspecified atom stereocenters. The quantitative estimate of drug-likeness (QED) is 0.234. The molecule has 1 aliphatic heterocycles. The highest BCUT2D eigenvalue weighted by molar-refractivity contribution is 6.02. The van der Waals surface area contributed by atoms with Crippen LogP contribution >= 0.6 is 0 Å². The molecule has 1 rings (SSSR count). The molecule has 20 nitrogen and oxygen atoms in total. The maximum Gasteiger partial charge on any atom is 0.324 e. The Hall–Kier alpha value is -4.85. The third-order valence-corrected chi connectivity index (χ3v) is 13.1. The lowest BCUT2D eigenvalue weighted by molar-refractivity contribution is -0.152. The van der Waals surface area contributed by atoms with Crippen LogP contribution in [0.4, 0.5) is 9.59 Å². The number of urea groups is 2. The molecule has 0 spiro atoms. The number of nitrogens with zero attached hydrogens (tertiary/aromatic N) is 7. The molecule has 1 fully saturated rings. The summed E-state index contributed by atoms with van der Waals surface area (Å²) in [6, 6.07) is -8.10. The van der Waals surface area contributed by atoms with E-state index in [4.69, 9.17) is 0 Å². The molecule has 0 aliphatic carbocycles. The van der Waals surface area contributed by atoms with E-state index in [-0.39, 0.29) is 48.9 Å². The van der Waals surface area contributed by atoms with E-state index in [1.54, 1.807) is 27.7 Å². The summed E-state index contributed by atoms with van der Waals surface area (Å²) in [5.41, 5.74) is 0. The molecule has 1 aliphatic rings. The topological polar surface area (TPSA) is 224 Å². The first-order valence-electron chi connectivity index (χ1n) is 25.2. The van der Waals surface area contributed by atoms with Crippen LogP contribution < -0.4 is 21.3 Å². The van der Waals surface area contributed by atoms with Crippen LogP contribution in [0.2, 0.25) is 0 Å². The van der Waals surface area contributed by atoms with E-state index in [1.165, 1.54) is 66.8 Å². The molecule has 0 radical (unpaired) electrons. The van der Waals surface area contributed by atoms with Crippen LogP contribution in [0.3, 0.4) is 0 Å². The second-order valence-electron chi connectivity index (χ2n) is 21.8. The maximum atomic E-state index is 14.7. The van der Waals surface area contributed by atoms with E-state index in [2.05, 4.69) is 21.3 Å². The fourth-order valence-corrected chi connectivity index (χ4v) is 8.78. The Morgan fingerprint density at radius 1 is 0.514 bits per heavy atom. The van der Waals surface area contributed by atoms with Crippen LogP contribution in [0.15, 0.2) is 0 Å². The number of nitrogens with one attached hydrogen (secondary N) is 4. The number of imide groups is 2. The van der Waals surface area contributed by atoms with Gasteiger partial charge in [-0.2, -0.15) is 0 Å². The Morgan fingerprint density at radius 3 is 1.44 bits per heavy atom. The van der Waals surface area contributed by atoms with Crippen LogP contribution in [-0.4, -0.2) is 192 Å². The van der Waals surface area contributed by atoms with Gasteiger partial charge in [-0.1, -0.05) is 90.0 Å². The molecule has 0 bridgehead atoms. The zero-order valence-corrected chi connectivity index (χ0v) is 46.6. The van der Waals surface area contributed by atoms with Crippen molar-refractivity contribution in [1.82, 2.24) is 55.6 Å². The second kappa shape index (κ2) is 28.3. The molecule has 0 aromatic rings. The zero-order valence-electron chi connectivity index (χ0n) is 46.6. The SMILES string of the molecule is CCC1NC(=O)N(C)C(=O)C(C(C)C)N(C)C(=O)C(CC(C)C)N(C)C(=O)C(CC(C)C)N(C)C(=O)NC(=O)C(C)NC(CC(C)C)N(C)C(C(C)C)NC(=O)C(CC(C)C)N(C)C(=O)CN(C)C1=O. The van der Waals surface area contributed by atoms with Crippen LogP contribution in [0.25, 0.3) is 0 Å². The van der Waals surface area contributed by atoms with Gasteiger partial charge in [-0.15, -0.1) is 0 Å². The van der Waals surface area contributed by atoms with E-state index < -0.39 is 114 Å². The number of likely N-dealkylation sites (N-methyl/N-ethyl adjacent to an activating group) is 6. The molecule has 1 heterocycles. The fourth-order valence-electron chi connectivity index (χ4n) is 8.78. The van der Waals surface area contributed by atoms with E-state index >= 15 is 0 Å². The Labute approximate surface area is 420 Å². The minimum absolute atomic E-state index is 0.0100. The molecule has 70 heavy (non-hydrogen) atoms. The first-order chi connectivity index (χ1) is 32.2. The average molecular weight is 992 g/mol. The van der Waals surface area contributed by atoms with Crippen molar-refractivity contribution in [2.45, 2.75) is 178 Å². The van der Waals surface area contributed by atoms with Gasteiger partial charge in [-0.05, 0) is 81.6 Å². The van der Waals surface area contributed by atoms with Crippen LogP contribution in [0.1, 0.15) is 129 Å². The molecule has 20 heteroatoms. The third-order valence-electron chi connectivity index (χ3n) is 13.1. The van der Waals surface area contributed by atoms with Gasteiger partial charge < -0.3 is 35.1 Å². The molecular formula is C50H93N11O9. The number of rotatable bonds is 11. The molecule has 0 aromatic carbocycles. The summed E-state index contributed by atoms with van der Waals surface area (Å²) in [5, 5.41) is 11.6. The first kappa shape index (κ1) is 63.2. The third kappa shape index (κ3) is 17.8. The number of hydrogen-bond acceptors (Lipinski definition) is 11. The van der Waals surface area contributed by atoms with E-state index in [9.17, 15) is 43.2 Å². The zero-order chi connectivity index (χ0) is 54.4. The highest BCUT2D eigenvalue weighted by atomic mass is 16.2. The standard InChI is InChI=1S/C50H93N11O9/c1-22-35-45(65)55(15)27-40(62)56(16)36(23-28(2)3)44(64)53-42(33(12)13)59(19)39(26-31(8)9)51-34(14)43(63)54-50(70)58(18)38(25-30(6)7)46(66)57(17)37(24-29(4)5)47(67)60(20)41(32(10)11)48(68)61(21)49(69)52-35/h28-39,41-42,51H,22-27H2,1-21H3,(H,52,69)(H,53,64)(H,54,63,70). The lowest BCUT2D eigenvalue weighted by Crippen LogP contribution is -2.63. The number of carbonyl (C=O) groups is 9. The average Bonchev–Trinajstić information content (AvgIpc) is 3.26. The predicted molar refractivity (Wildman–Crippen MR) is 271 cm³/mol. The van der Waals surface area contributed by atoms with Crippen LogP contribution in [0, 0.1) is 35.5 Å². The van der Waals surface area contributed by atoms with Crippen molar-refractivity contribution in [1.29, 1.82) is 0 Å². The lowest BCUT2D eigenvalue weighted by Gasteiger charge is -2.41. The Bertz CT molecular complexity index is 1810. The summed E-state index contributed by atoms with van der Waals surface area (Å²) in [7, 11) is 10.4. The van der Waals surface area contributed by atoms with Crippen molar-refractivity contribution in [3.8, 4) is 0 Å². The molecule has 0 aromatic heterocycles. The summed E-state index contributed by atoms with van der Waals surface area (Å²) in [5.74, 6) is -4.78. The van der Waals surface area contributed by atoms with Crippen molar-refractivity contribution < 1.29 is 43.2 Å². The van der Waals surface area contributed by atoms with E-state index in [1.807, 2.05) is 81.2 Å². The molecule has 4 N–H and O–H groups in total. The molecular weight excluding hydrogens is 899 g/mol. The smallest absolute Gasteiger partial charge is 0.324 e. The van der Waals surface area contributed by atoms with Crippen molar-refractivity contribution in [2.75, 3.05) is 55.9 Å². The number of amides is 11. The van der Waals surface area contributed by atoms with Crippen LogP contribution in [-0.2, 0) is 33.6 Å². The summed E-state index contributed by atoms with van der Waals surface area (Å²) < 4.78 is 0. The summed E-state index contributed by atoms with van der Waals surface area (Å²) in [6.07, 6.45) is 0.271. The van der Waals surface area contributed by atoms with Crippen molar-refractivity contribution >= 4 is 53.4 Å². The minimum Gasteiger partial charge on any atom is -0.338 e. The monoisotopic (exact) mass is 992 g/mol. The minimum atomic E-state index is -1.18. The van der Waals surface area contributed by atoms with Gasteiger partial charge in [0.15, 0.2) is 0 Å². The van der Waals surface area contributed by atoms with Gasteiger partial charge in [0.25, 0.3) is 5.91 Å². The Kier molecular flexibility index (Phi) is 25.5. The summed E-state index contributed by atoms with van der Waals surface area (Å²) in [6.45, 7) is 25.7. The molecule has 0 saturated carbocycles.